The monoisotopic (exact) mass is 264 g/mol. The van der Waals surface area contributed by atoms with Gasteiger partial charge in [-0.3, -0.25) is 0 Å². The van der Waals surface area contributed by atoms with Gasteiger partial charge in [0.2, 0.25) is 0 Å². The lowest BCUT2D eigenvalue weighted by molar-refractivity contribution is 0.415. The topological polar surface area (TPSA) is 38.0 Å². The number of ether oxygens (including phenoxy) is 1. The molecule has 0 saturated carbocycles. The molecule has 100 valence electrons. The Balaban J connectivity index is 2.58. The molecule has 0 radical (unpaired) electrons. The highest BCUT2D eigenvalue weighted by atomic mass is 16.5. The summed E-state index contributed by atoms with van der Waals surface area (Å²) in [4.78, 5) is 0. The van der Waals surface area contributed by atoms with Crippen LogP contribution in [0.3, 0.4) is 0 Å². The third-order valence-corrected chi connectivity index (χ3v) is 3.16. The van der Waals surface area contributed by atoms with Crippen LogP contribution in [-0.4, -0.2) is 11.7 Å². The maximum atomic E-state index is 9.25. The number of nitriles is 1. The van der Waals surface area contributed by atoms with Crippen LogP contribution >= 0.6 is 0 Å². The summed E-state index contributed by atoms with van der Waals surface area (Å²) in [5.41, 5.74) is 3.54. The van der Waals surface area contributed by atoms with Gasteiger partial charge in [0.1, 0.15) is 17.5 Å². The number of benzene rings is 1. The number of hydrogen-bond acceptors (Lipinski definition) is 2. The molecule has 1 aromatic carbocycles. The van der Waals surface area contributed by atoms with Crippen molar-refractivity contribution < 1.29 is 4.74 Å². The molecule has 3 heteroatoms. The zero-order valence-electron chi connectivity index (χ0n) is 11.5. The highest BCUT2D eigenvalue weighted by Gasteiger charge is 2.13. The molecule has 1 aromatic heterocycles. The lowest BCUT2D eigenvalue weighted by Gasteiger charge is -2.07. The van der Waals surface area contributed by atoms with Gasteiger partial charge in [-0.1, -0.05) is 24.8 Å². The number of hydrogen-bond donors (Lipinski definition) is 0. The van der Waals surface area contributed by atoms with E-state index in [-0.39, 0.29) is 0 Å². The van der Waals surface area contributed by atoms with E-state index in [9.17, 15) is 5.26 Å². The molecule has 0 saturated heterocycles. The fourth-order valence-electron chi connectivity index (χ4n) is 2.20. The Labute approximate surface area is 119 Å². The van der Waals surface area contributed by atoms with Crippen LogP contribution in [0, 0.1) is 11.3 Å². The third kappa shape index (κ3) is 2.36. The lowest BCUT2D eigenvalue weighted by atomic mass is 10.1. The van der Waals surface area contributed by atoms with Crippen LogP contribution in [0.2, 0.25) is 0 Å². The van der Waals surface area contributed by atoms with Gasteiger partial charge in [-0.15, -0.1) is 6.58 Å². The molecule has 0 spiro atoms. The molecule has 0 atom stereocenters. The molecule has 3 nitrogen and oxygen atoms in total. The van der Waals surface area contributed by atoms with E-state index in [1.54, 1.807) is 19.3 Å². The second-order valence-electron chi connectivity index (χ2n) is 4.27. The summed E-state index contributed by atoms with van der Waals surface area (Å²) in [6.45, 7) is 8.17. The first-order valence-corrected chi connectivity index (χ1v) is 6.26. The number of nitrogens with zero attached hydrogens (tertiary/aromatic N) is 2. The molecule has 0 aliphatic carbocycles. The molecule has 2 aromatic rings. The molecule has 0 aliphatic heterocycles. The Bertz CT molecular complexity index is 672. The van der Waals surface area contributed by atoms with E-state index in [2.05, 4.69) is 19.2 Å². The molecule has 0 amide bonds. The van der Waals surface area contributed by atoms with Gasteiger partial charge in [-0.2, -0.15) is 5.26 Å². The number of rotatable bonds is 5. The van der Waals surface area contributed by atoms with Gasteiger partial charge >= 0.3 is 0 Å². The molecule has 0 N–H and O–H groups in total. The summed E-state index contributed by atoms with van der Waals surface area (Å²) >= 11 is 0. The first-order chi connectivity index (χ1) is 9.74. The summed E-state index contributed by atoms with van der Waals surface area (Å²) in [6, 6.07) is 11.8. The minimum absolute atomic E-state index is 0.584. The van der Waals surface area contributed by atoms with Crippen molar-refractivity contribution in [3.05, 3.63) is 61.0 Å². The zero-order valence-corrected chi connectivity index (χ0v) is 11.5. The molecular weight excluding hydrogens is 248 g/mol. The fourth-order valence-corrected chi connectivity index (χ4v) is 2.20. The van der Waals surface area contributed by atoms with E-state index in [1.807, 2.05) is 34.9 Å². The Morgan fingerprint density at radius 1 is 1.30 bits per heavy atom. The number of allylic oxidation sites excluding steroid dienone is 1. The van der Waals surface area contributed by atoms with Crippen LogP contribution in [0.4, 0.5) is 0 Å². The first-order valence-electron chi connectivity index (χ1n) is 6.26. The van der Waals surface area contributed by atoms with Crippen molar-refractivity contribution in [1.29, 1.82) is 5.26 Å². The predicted molar refractivity (Wildman–Crippen MR) is 81.4 cm³/mol. The van der Waals surface area contributed by atoms with Crippen molar-refractivity contribution in [3.63, 3.8) is 0 Å². The van der Waals surface area contributed by atoms with E-state index in [4.69, 9.17) is 4.74 Å². The van der Waals surface area contributed by atoms with E-state index >= 15 is 0 Å². The zero-order chi connectivity index (χ0) is 14.5. The first kappa shape index (κ1) is 13.7. The van der Waals surface area contributed by atoms with Crippen molar-refractivity contribution in [2.24, 2.45) is 0 Å². The summed E-state index contributed by atoms with van der Waals surface area (Å²) in [6.07, 6.45) is 3.54. The van der Waals surface area contributed by atoms with Gasteiger partial charge in [0.15, 0.2) is 0 Å². The smallest absolute Gasteiger partial charge is 0.121 e. The van der Waals surface area contributed by atoms with Crippen molar-refractivity contribution in [2.75, 3.05) is 7.11 Å². The van der Waals surface area contributed by atoms with Gasteiger partial charge in [-0.05, 0) is 29.8 Å². The highest BCUT2D eigenvalue weighted by Crippen LogP contribution is 2.29. The van der Waals surface area contributed by atoms with E-state index in [1.165, 1.54) is 0 Å². The Kier molecular flexibility index (Phi) is 4.07. The minimum Gasteiger partial charge on any atom is -0.497 e. The molecule has 0 bridgehead atoms. The van der Waals surface area contributed by atoms with Crippen LogP contribution in [0.1, 0.15) is 11.4 Å². The standard InChI is InChI=1S/C17H16N2O/c1-4-10-19-14(12-18)11-16(17(19)5-2)13-6-8-15(20-3)9-7-13/h4-9,11H,1-2,10H2,3H3. The van der Waals surface area contributed by atoms with Gasteiger partial charge in [0.05, 0.1) is 7.11 Å². The number of aromatic nitrogens is 1. The van der Waals surface area contributed by atoms with E-state index < -0.39 is 0 Å². The molecule has 0 fully saturated rings. The molecule has 0 aliphatic rings. The Hall–Kier alpha value is -2.73. The molecule has 2 rings (SSSR count). The summed E-state index contributed by atoms with van der Waals surface area (Å²) < 4.78 is 7.06. The Morgan fingerprint density at radius 3 is 2.50 bits per heavy atom. The SMILES string of the molecule is C=CCn1c(C#N)cc(-c2ccc(OC)cc2)c1C=C. The van der Waals surface area contributed by atoms with Crippen molar-refractivity contribution in [2.45, 2.75) is 6.54 Å². The van der Waals surface area contributed by atoms with E-state index in [0.29, 0.717) is 12.2 Å². The quantitative estimate of drug-likeness (QED) is 0.769. The summed E-state index contributed by atoms with van der Waals surface area (Å²) in [5, 5.41) is 9.25. The predicted octanol–water partition coefficient (Wildman–Crippen LogP) is 3.86. The van der Waals surface area contributed by atoms with Crippen molar-refractivity contribution >= 4 is 6.08 Å². The highest BCUT2D eigenvalue weighted by molar-refractivity contribution is 5.75. The van der Waals surface area contributed by atoms with Crippen molar-refractivity contribution in [3.8, 4) is 22.9 Å². The lowest BCUT2D eigenvalue weighted by Crippen LogP contribution is -2.00. The van der Waals surface area contributed by atoms with Crippen LogP contribution in [-0.2, 0) is 6.54 Å². The molecule has 20 heavy (non-hydrogen) atoms. The maximum absolute atomic E-state index is 9.25. The summed E-state index contributed by atoms with van der Waals surface area (Å²) in [5.74, 6) is 0.805. The van der Waals surface area contributed by atoms with Crippen LogP contribution < -0.4 is 4.74 Å². The van der Waals surface area contributed by atoms with Gasteiger partial charge in [0, 0.05) is 17.8 Å². The van der Waals surface area contributed by atoms with Crippen LogP contribution in [0.5, 0.6) is 5.75 Å². The van der Waals surface area contributed by atoms with Gasteiger partial charge in [0.25, 0.3) is 0 Å². The molecule has 1 heterocycles. The van der Waals surface area contributed by atoms with Crippen LogP contribution in [0.25, 0.3) is 17.2 Å². The number of methoxy groups -OCH3 is 1. The third-order valence-electron chi connectivity index (χ3n) is 3.16. The van der Waals surface area contributed by atoms with Crippen molar-refractivity contribution in [1.82, 2.24) is 4.57 Å². The largest absolute Gasteiger partial charge is 0.497 e. The second-order valence-corrected chi connectivity index (χ2v) is 4.27. The Morgan fingerprint density at radius 2 is 2.00 bits per heavy atom. The molecule has 0 unspecified atom stereocenters. The van der Waals surface area contributed by atoms with Gasteiger partial charge in [-0.25, -0.2) is 0 Å². The average Bonchev–Trinajstić information content (AvgIpc) is 2.85. The molecular formula is C17H16N2O. The maximum Gasteiger partial charge on any atom is 0.121 e. The fraction of sp³-hybridized carbons (Fsp3) is 0.118. The second kappa shape index (κ2) is 5.94. The van der Waals surface area contributed by atoms with Gasteiger partial charge < -0.3 is 9.30 Å². The van der Waals surface area contributed by atoms with E-state index in [0.717, 1.165) is 22.6 Å². The minimum atomic E-state index is 0.584. The van der Waals surface area contributed by atoms with Crippen LogP contribution in [0.15, 0.2) is 49.6 Å². The summed E-state index contributed by atoms with van der Waals surface area (Å²) in [7, 11) is 1.64. The normalized spacial score (nSPS) is 9.80. The average molecular weight is 264 g/mol.